The normalized spacial score (nSPS) is 11.6. The summed E-state index contributed by atoms with van der Waals surface area (Å²) >= 11 is 0. The van der Waals surface area contributed by atoms with Crippen molar-refractivity contribution >= 4 is 11.6 Å². The summed E-state index contributed by atoms with van der Waals surface area (Å²) in [6.07, 6.45) is 2.77. The van der Waals surface area contributed by atoms with Gasteiger partial charge in [0.25, 0.3) is 0 Å². The van der Waals surface area contributed by atoms with Crippen LogP contribution in [-0.2, 0) is 13.5 Å². The lowest BCUT2D eigenvalue weighted by Gasteiger charge is -2.07. The number of aliphatic imine (C=N–C) groups is 1. The Morgan fingerprint density at radius 1 is 1.60 bits per heavy atom. The van der Waals surface area contributed by atoms with Gasteiger partial charge in [0.15, 0.2) is 0 Å². The Kier molecular flexibility index (Phi) is 4.11. The van der Waals surface area contributed by atoms with E-state index in [0.29, 0.717) is 12.5 Å². The minimum Gasteiger partial charge on any atom is -0.322 e. The zero-order valence-electron chi connectivity index (χ0n) is 9.41. The Morgan fingerprint density at radius 2 is 2.33 bits per heavy atom. The molecule has 15 heavy (non-hydrogen) atoms. The third-order valence-electron chi connectivity index (χ3n) is 1.95. The molecule has 0 amide bonds. The quantitative estimate of drug-likeness (QED) is 0.289. The number of hydrogen-bond acceptors (Lipinski definition) is 3. The van der Waals surface area contributed by atoms with E-state index in [2.05, 4.69) is 27.8 Å². The third-order valence-corrected chi connectivity index (χ3v) is 1.95. The fourth-order valence-electron chi connectivity index (χ4n) is 1.31. The molecule has 6 nitrogen and oxygen atoms in total. The molecule has 0 spiro atoms. The average Bonchev–Trinajstić information content (AvgIpc) is 2.58. The predicted molar refractivity (Wildman–Crippen MR) is 61.5 cm³/mol. The van der Waals surface area contributed by atoms with E-state index in [0.717, 1.165) is 17.8 Å². The molecule has 1 rings (SSSR count). The van der Waals surface area contributed by atoms with Crippen LogP contribution in [0.3, 0.4) is 0 Å². The first-order valence-electron chi connectivity index (χ1n) is 5.01. The lowest BCUT2D eigenvalue weighted by atomic mass is 10.3. The van der Waals surface area contributed by atoms with Crippen molar-refractivity contribution in [3.63, 3.8) is 0 Å². The summed E-state index contributed by atoms with van der Waals surface area (Å²) in [5.74, 6) is 5.89. The average molecular weight is 210 g/mol. The molecule has 1 aromatic rings. The van der Waals surface area contributed by atoms with Crippen LogP contribution < -0.4 is 16.6 Å². The van der Waals surface area contributed by atoms with Gasteiger partial charge in [-0.1, -0.05) is 6.92 Å². The van der Waals surface area contributed by atoms with Gasteiger partial charge in [0.2, 0.25) is 5.96 Å². The van der Waals surface area contributed by atoms with Crippen LogP contribution in [0.2, 0.25) is 0 Å². The van der Waals surface area contributed by atoms with Gasteiger partial charge in [-0.2, -0.15) is 5.10 Å². The van der Waals surface area contributed by atoms with E-state index in [-0.39, 0.29) is 0 Å². The number of aryl methyl sites for hydroxylation is 2. The Morgan fingerprint density at radius 3 is 2.87 bits per heavy atom. The van der Waals surface area contributed by atoms with E-state index in [4.69, 9.17) is 5.84 Å². The number of aromatic nitrogens is 2. The molecule has 6 heteroatoms. The van der Waals surface area contributed by atoms with Crippen LogP contribution in [-0.4, -0.2) is 22.3 Å². The van der Waals surface area contributed by atoms with E-state index in [1.807, 2.05) is 20.2 Å². The molecule has 1 aromatic heterocycles. The molecule has 84 valence electrons. The molecule has 0 aliphatic heterocycles. The van der Waals surface area contributed by atoms with Crippen LogP contribution in [0, 0.1) is 0 Å². The van der Waals surface area contributed by atoms with Gasteiger partial charge >= 0.3 is 0 Å². The zero-order valence-corrected chi connectivity index (χ0v) is 9.41. The Hall–Kier alpha value is -1.56. The molecule has 0 unspecified atom stereocenters. The summed E-state index contributed by atoms with van der Waals surface area (Å²) in [4.78, 5) is 4.15. The van der Waals surface area contributed by atoms with Gasteiger partial charge in [0.05, 0.1) is 11.4 Å². The van der Waals surface area contributed by atoms with Crippen molar-refractivity contribution in [1.82, 2.24) is 15.2 Å². The summed E-state index contributed by atoms with van der Waals surface area (Å²) in [5.41, 5.74) is 4.45. The molecule has 0 aromatic carbocycles. The lowest BCUT2D eigenvalue weighted by Crippen LogP contribution is -2.36. The summed E-state index contributed by atoms with van der Waals surface area (Å²) in [6.45, 7) is 4.68. The first-order chi connectivity index (χ1) is 7.21. The number of hydrazine groups is 1. The van der Waals surface area contributed by atoms with Crippen molar-refractivity contribution in [3.8, 4) is 0 Å². The maximum atomic E-state index is 5.33. The minimum atomic E-state index is 0.556. The van der Waals surface area contributed by atoms with Crippen molar-refractivity contribution in [2.24, 2.45) is 17.9 Å². The highest BCUT2D eigenvalue weighted by atomic mass is 15.3. The van der Waals surface area contributed by atoms with Crippen LogP contribution in [0.25, 0.3) is 0 Å². The smallest absolute Gasteiger partial charge is 0.210 e. The van der Waals surface area contributed by atoms with E-state index in [1.165, 1.54) is 0 Å². The van der Waals surface area contributed by atoms with Gasteiger partial charge in [0.1, 0.15) is 0 Å². The Bertz CT molecular complexity index is 340. The first kappa shape index (κ1) is 11.5. The number of anilines is 1. The molecule has 0 fully saturated rings. The van der Waals surface area contributed by atoms with Crippen molar-refractivity contribution in [1.29, 1.82) is 0 Å². The van der Waals surface area contributed by atoms with E-state index in [1.54, 1.807) is 4.68 Å². The van der Waals surface area contributed by atoms with Crippen LogP contribution in [0.5, 0.6) is 0 Å². The number of nitrogens with zero attached hydrogens (tertiary/aromatic N) is 3. The van der Waals surface area contributed by atoms with Crippen molar-refractivity contribution in [2.45, 2.75) is 20.3 Å². The fraction of sp³-hybridized carbons (Fsp3) is 0.556. The van der Waals surface area contributed by atoms with Gasteiger partial charge in [-0.25, -0.2) is 5.84 Å². The highest BCUT2D eigenvalue weighted by Crippen LogP contribution is 2.12. The van der Waals surface area contributed by atoms with Crippen LogP contribution in [0.1, 0.15) is 19.5 Å². The van der Waals surface area contributed by atoms with E-state index >= 15 is 0 Å². The lowest BCUT2D eigenvalue weighted by molar-refractivity contribution is 0.746. The number of nitrogens with one attached hydrogen (secondary N) is 2. The Labute approximate surface area is 89.5 Å². The van der Waals surface area contributed by atoms with E-state index < -0.39 is 0 Å². The standard InChI is InChI=1S/C9H18N6/c1-4-7-8(6-15(3)14-7)12-9(13-10)11-5-2/h6H,4-5,10H2,1-3H3,(H2,11,12,13). The molecular weight excluding hydrogens is 192 g/mol. The second kappa shape index (κ2) is 5.35. The second-order valence-electron chi connectivity index (χ2n) is 3.11. The molecular formula is C9H18N6. The van der Waals surface area contributed by atoms with Crippen molar-refractivity contribution in [2.75, 3.05) is 11.9 Å². The molecule has 1 heterocycles. The molecule has 0 saturated carbocycles. The Balaban J connectivity index is 2.82. The fourth-order valence-corrected chi connectivity index (χ4v) is 1.31. The maximum Gasteiger partial charge on any atom is 0.210 e. The molecule has 4 N–H and O–H groups in total. The largest absolute Gasteiger partial charge is 0.322 e. The summed E-state index contributed by atoms with van der Waals surface area (Å²) in [6, 6.07) is 0. The minimum absolute atomic E-state index is 0.556. The zero-order chi connectivity index (χ0) is 11.3. The summed E-state index contributed by atoms with van der Waals surface area (Å²) in [7, 11) is 1.89. The molecule has 0 atom stereocenters. The topological polar surface area (TPSA) is 80.3 Å². The number of nitrogens with two attached hydrogens (primary N) is 1. The number of guanidine groups is 1. The summed E-state index contributed by atoms with van der Waals surface area (Å²) < 4.78 is 1.77. The monoisotopic (exact) mass is 210 g/mol. The van der Waals surface area contributed by atoms with Gasteiger partial charge in [-0.3, -0.25) is 15.1 Å². The second-order valence-corrected chi connectivity index (χ2v) is 3.11. The van der Waals surface area contributed by atoms with Crippen LogP contribution in [0.4, 0.5) is 5.69 Å². The molecule has 0 radical (unpaired) electrons. The predicted octanol–water partition coefficient (Wildman–Crippen LogP) is 0.234. The van der Waals surface area contributed by atoms with E-state index in [9.17, 15) is 0 Å². The highest BCUT2D eigenvalue weighted by molar-refractivity contribution is 5.93. The SMILES string of the molecule is CCN=C(NN)Nc1cn(C)nc1CC. The summed E-state index contributed by atoms with van der Waals surface area (Å²) in [5, 5.41) is 7.41. The highest BCUT2D eigenvalue weighted by Gasteiger charge is 2.06. The third kappa shape index (κ3) is 2.95. The number of hydrogen-bond donors (Lipinski definition) is 3. The van der Waals surface area contributed by atoms with Crippen molar-refractivity contribution < 1.29 is 0 Å². The first-order valence-corrected chi connectivity index (χ1v) is 5.01. The maximum absolute atomic E-state index is 5.33. The molecule has 0 saturated heterocycles. The van der Waals surface area contributed by atoms with Gasteiger partial charge < -0.3 is 5.32 Å². The molecule has 0 aliphatic rings. The van der Waals surface area contributed by atoms with Crippen molar-refractivity contribution in [3.05, 3.63) is 11.9 Å². The van der Waals surface area contributed by atoms with Gasteiger partial charge in [-0.05, 0) is 13.3 Å². The molecule has 0 aliphatic carbocycles. The number of rotatable bonds is 3. The van der Waals surface area contributed by atoms with Gasteiger partial charge in [0, 0.05) is 19.8 Å². The molecule has 0 bridgehead atoms. The van der Waals surface area contributed by atoms with Crippen LogP contribution in [0.15, 0.2) is 11.2 Å². The van der Waals surface area contributed by atoms with Crippen LogP contribution >= 0.6 is 0 Å². The van der Waals surface area contributed by atoms with Gasteiger partial charge in [-0.15, -0.1) is 0 Å².